The zero-order valence-electron chi connectivity index (χ0n) is 12.9. The smallest absolute Gasteiger partial charge is 0.230 e. The summed E-state index contributed by atoms with van der Waals surface area (Å²) in [6, 6.07) is 13.9. The molecule has 3 aromatic rings. The predicted molar refractivity (Wildman–Crippen MR) is 98.6 cm³/mol. The van der Waals surface area contributed by atoms with Crippen LogP contribution < -0.4 is 5.32 Å². The molecule has 1 aromatic carbocycles. The van der Waals surface area contributed by atoms with Crippen molar-refractivity contribution >= 4 is 29.0 Å². The van der Waals surface area contributed by atoms with Crippen LogP contribution >= 0.6 is 23.1 Å². The summed E-state index contributed by atoms with van der Waals surface area (Å²) >= 11 is 2.98. The highest BCUT2D eigenvalue weighted by Gasteiger charge is 2.17. The van der Waals surface area contributed by atoms with Crippen LogP contribution in [0.4, 0.5) is 0 Å². The van der Waals surface area contributed by atoms with Crippen molar-refractivity contribution in [1.82, 2.24) is 20.1 Å². The van der Waals surface area contributed by atoms with E-state index in [1.165, 1.54) is 11.8 Å². The van der Waals surface area contributed by atoms with Crippen molar-refractivity contribution in [2.24, 2.45) is 0 Å². The molecular formula is C17H16N4OS2. The van der Waals surface area contributed by atoms with E-state index in [4.69, 9.17) is 0 Å². The van der Waals surface area contributed by atoms with E-state index >= 15 is 0 Å². The molecule has 3 rings (SSSR count). The van der Waals surface area contributed by atoms with Gasteiger partial charge in [-0.3, -0.25) is 9.36 Å². The highest BCUT2D eigenvalue weighted by molar-refractivity contribution is 7.99. The molecular weight excluding hydrogens is 340 g/mol. The van der Waals surface area contributed by atoms with Gasteiger partial charge in [-0.25, -0.2) is 0 Å². The molecule has 0 spiro atoms. The van der Waals surface area contributed by atoms with E-state index in [1.807, 2.05) is 52.4 Å². The second kappa shape index (κ2) is 7.94. The van der Waals surface area contributed by atoms with Gasteiger partial charge in [0.2, 0.25) is 5.91 Å². The molecule has 0 bridgehead atoms. The Balaban J connectivity index is 1.89. The predicted octanol–water partition coefficient (Wildman–Crippen LogP) is 3.39. The molecule has 1 N–H and O–H groups in total. The van der Waals surface area contributed by atoms with Gasteiger partial charge in [0.1, 0.15) is 0 Å². The van der Waals surface area contributed by atoms with Gasteiger partial charge in [0.15, 0.2) is 11.0 Å². The third kappa shape index (κ3) is 3.74. The summed E-state index contributed by atoms with van der Waals surface area (Å²) in [5.74, 6) is 1.01. The van der Waals surface area contributed by atoms with Crippen LogP contribution in [0, 0.1) is 0 Å². The molecule has 0 unspecified atom stereocenters. The average molecular weight is 356 g/mol. The first-order valence-electron chi connectivity index (χ1n) is 7.34. The zero-order chi connectivity index (χ0) is 16.8. The lowest BCUT2D eigenvalue weighted by Gasteiger charge is -2.09. The number of hydrogen-bond donors (Lipinski definition) is 1. The van der Waals surface area contributed by atoms with Crippen LogP contribution in [0.15, 0.2) is 65.7 Å². The summed E-state index contributed by atoms with van der Waals surface area (Å²) in [6.45, 7) is 4.05. The zero-order valence-corrected chi connectivity index (χ0v) is 14.5. The van der Waals surface area contributed by atoms with Crippen LogP contribution in [0.25, 0.3) is 16.4 Å². The molecule has 0 aliphatic heterocycles. The Hall–Kier alpha value is -2.38. The number of hydrogen-bond acceptors (Lipinski definition) is 5. The Bertz CT molecular complexity index is 813. The Morgan fingerprint density at radius 2 is 2.08 bits per heavy atom. The molecule has 0 atom stereocenters. The summed E-state index contributed by atoms with van der Waals surface area (Å²) in [7, 11) is 0. The van der Waals surface area contributed by atoms with E-state index in [2.05, 4.69) is 22.1 Å². The number of rotatable bonds is 7. The van der Waals surface area contributed by atoms with Gasteiger partial charge in [0, 0.05) is 12.2 Å². The van der Waals surface area contributed by atoms with Gasteiger partial charge in [-0.15, -0.1) is 28.1 Å². The second-order valence-electron chi connectivity index (χ2n) is 4.84. The fourth-order valence-electron chi connectivity index (χ4n) is 2.11. The molecule has 0 radical (unpaired) electrons. The standard InChI is InChI=1S/C17H16N4OS2/c1-2-10-18-15(22)12-24-17-20-19-16(14-9-6-11-23-14)21(17)13-7-4-3-5-8-13/h2-9,11H,1,10,12H2,(H,18,22). The Kier molecular flexibility index (Phi) is 5.45. The Morgan fingerprint density at radius 3 is 2.79 bits per heavy atom. The summed E-state index contributed by atoms with van der Waals surface area (Å²) < 4.78 is 1.98. The minimum atomic E-state index is -0.0554. The summed E-state index contributed by atoms with van der Waals surface area (Å²) in [6.07, 6.45) is 1.66. The van der Waals surface area contributed by atoms with Crippen LogP contribution in [-0.4, -0.2) is 33.0 Å². The molecule has 0 saturated carbocycles. The van der Waals surface area contributed by atoms with Gasteiger partial charge in [0.05, 0.1) is 10.6 Å². The van der Waals surface area contributed by atoms with Crippen LogP contribution in [0.2, 0.25) is 0 Å². The number of carbonyl (C=O) groups excluding carboxylic acids is 1. The molecule has 5 nitrogen and oxygen atoms in total. The summed E-state index contributed by atoms with van der Waals surface area (Å²) in [5, 5.41) is 14.1. The van der Waals surface area contributed by atoms with E-state index in [9.17, 15) is 4.79 Å². The number of para-hydroxylation sites is 1. The summed E-state index contributed by atoms with van der Waals surface area (Å²) in [4.78, 5) is 12.9. The molecule has 0 saturated heterocycles. The first-order chi connectivity index (χ1) is 11.8. The van der Waals surface area contributed by atoms with E-state index in [0.29, 0.717) is 11.7 Å². The highest BCUT2D eigenvalue weighted by atomic mass is 32.2. The maximum absolute atomic E-state index is 11.8. The van der Waals surface area contributed by atoms with Crippen molar-refractivity contribution in [3.8, 4) is 16.4 Å². The molecule has 0 fully saturated rings. The lowest BCUT2D eigenvalue weighted by molar-refractivity contribution is -0.118. The highest BCUT2D eigenvalue weighted by Crippen LogP contribution is 2.30. The fraction of sp³-hybridized carbons (Fsp3) is 0.118. The van der Waals surface area contributed by atoms with Crippen molar-refractivity contribution < 1.29 is 4.79 Å². The van der Waals surface area contributed by atoms with Crippen LogP contribution in [-0.2, 0) is 4.79 Å². The SMILES string of the molecule is C=CCNC(=O)CSc1nnc(-c2cccs2)n1-c1ccccc1. The third-order valence-electron chi connectivity index (χ3n) is 3.17. The van der Waals surface area contributed by atoms with Crippen molar-refractivity contribution in [2.75, 3.05) is 12.3 Å². The fourth-order valence-corrected chi connectivity index (χ4v) is 3.59. The topological polar surface area (TPSA) is 59.8 Å². The largest absolute Gasteiger partial charge is 0.352 e. The average Bonchev–Trinajstić information content (AvgIpc) is 3.27. The maximum atomic E-state index is 11.8. The lowest BCUT2D eigenvalue weighted by atomic mass is 10.3. The number of aromatic nitrogens is 3. The number of benzene rings is 1. The molecule has 122 valence electrons. The van der Waals surface area contributed by atoms with Crippen molar-refractivity contribution in [3.63, 3.8) is 0 Å². The molecule has 7 heteroatoms. The maximum Gasteiger partial charge on any atom is 0.230 e. The van der Waals surface area contributed by atoms with Gasteiger partial charge in [-0.2, -0.15) is 0 Å². The van der Waals surface area contributed by atoms with Crippen LogP contribution in [0.3, 0.4) is 0 Å². The molecule has 1 amide bonds. The monoisotopic (exact) mass is 356 g/mol. The van der Waals surface area contributed by atoms with Crippen molar-refractivity contribution in [1.29, 1.82) is 0 Å². The third-order valence-corrected chi connectivity index (χ3v) is 4.96. The van der Waals surface area contributed by atoms with Gasteiger partial charge < -0.3 is 5.32 Å². The van der Waals surface area contributed by atoms with Gasteiger partial charge >= 0.3 is 0 Å². The second-order valence-corrected chi connectivity index (χ2v) is 6.73. The van der Waals surface area contributed by atoms with Crippen molar-refractivity contribution in [3.05, 3.63) is 60.5 Å². The molecule has 2 heterocycles. The number of amides is 1. The molecule has 0 aliphatic rings. The van der Waals surface area contributed by atoms with E-state index in [0.717, 1.165) is 16.4 Å². The van der Waals surface area contributed by atoms with E-state index in [-0.39, 0.29) is 11.7 Å². The van der Waals surface area contributed by atoms with Gasteiger partial charge in [0.25, 0.3) is 0 Å². The number of thiophene rings is 1. The first kappa shape index (κ1) is 16.5. The van der Waals surface area contributed by atoms with Gasteiger partial charge in [-0.05, 0) is 23.6 Å². The quantitative estimate of drug-likeness (QED) is 0.521. The number of thioether (sulfide) groups is 1. The Labute approximate surface area is 148 Å². The number of nitrogens with zero attached hydrogens (tertiary/aromatic N) is 3. The summed E-state index contributed by atoms with van der Waals surface area (Å²) in [5.41, 5.74) is 0.972. The lowest BCUT2D eigenvalue weighted by Crippen LogP contribution is -2.25. The van der Waals surface area contributed by atoms with Gasteiger partial charge in [-0.1, -0.05) is 42.1 Å². The minimum Gasteiger partial charge on any atom is -0.352 e. The number of carbonyl (C=O) groups is 1. The van der Waals surface area contributed by atoms with E-state index in [1.54, 1.807) is 17.4 Å². The van der Waals surface area contributed by atoms with Crippen LogP contribution in [0.1, 0.15) is 0 Å². The Morgan fingerprint density at radius 1 is 1.25 bits per heavy atom. The molecule has 2 aromatic heterocycles. The van der Waals surface area contributed by atoms with Crippen molar-refractivity contribution in [2.45, 2.75) is 5.16 Å². The first-order valence-corrected chi connectivity index (χ1v) is 9.21. The van der Waals surface area contributed by atoms with Crippen LogP contribution in [0.5, 0.6) is 0 Å². The molecule has 0 aliphatic carbocycles. The number of nitrogens with one attached hydrogen (secondary N) is 1. The minimum absolute atomic E-state index is 0.0554. The van der Waals surface area contributed by atoms with E-state index < -0.39 is 0 Å². The normalized spacial score (nSPS) is 10.5. The molecule has 24 heavy (non-hydrogen) atoms.